The highest BCUT2D eigenvalue weighted by Crippen LogP contribution is 2.35. The Balaban J connectivity index is 1.42. The molecule has 1 aromatic carbocycles. The molecule has 3 rings (SSSR count). The summed E-state index contributed by atoms with van der Waals surface area (Å²) in [4.78, 5) is 14.6. The lowest BCUT2D eigenvalue weighted by Gasteiger charge is -2.23. The van der Waals surface area contributed by atoms with Gasteiger partial charge in [-0.05, 0) is 61.9 Å². The minimum Gasteiger partial charge on any atom is -0.303 e. The van der Waals surface area contributed by atoms with Crippen LogP contribution in [0.5, 0.6) is 0 Å². The molecule has 2 atom stereocenters. The Labute approximate surface area is 126 Å². The van der Waals surface area contributed by atoms with Crippen molar-refractivity contribution in [1.29, 1.82) is 0 Å². The van der Waals surface area contributed by atoms with Crippen molar-refractivity contribution < 1.29 is 9.18 Å². The molecule has 0 amide bonds. The van der Waals surface area contributed by atoms with E-state index in [0.29, 0.717) is 12.0 Å². The second kappa shape index (κ2) is 6.69. The van der Waals surface area contributed by atoms with Gasteiger partial charge >= 0.3 is 0 Å². The number of hydrogen-bond acceptors (Lipinski definition) is 2. The summed E-state index contributed by atoms with van der Waals surface area (Å²) < 4.78 is 12.8. The zero-order valence-electron chi connectivity index (χ0n) is 12.6. The Morgan fingerprint density at radius 1 is 1.10 bits per heavy atom. The average molecular weight is 289 g/mol. The molecular weight excluding hydrogens is 265 g/mol. The summed E-state index contributed by atoms with van der Waals surface area (Å²) >= 11 is 0. The first-order valence-electron chi connectivity index (χ1n) is 8.23. The molecule has 0 spiro atoms. The largest absolute Gasteiger partial charge is 0.303 e. The third-order valence-electron chi connectivity index (χ3n) is 5.10. The van der Waals surface area contributed by atoms with E-state index in [0.717, 1.165) is 24.8 Å². The van der Waals surface area contributed by atoms with Crippen LogP contribution in [-0.2, 0) is 0 Å². The number of likely N-dealkylation sites (tertiary alicyclic amines) is 1. The van der Waals surface area contributed by atoms with Gasteiger partial charge in [0.25, 0.3) is 0 Å². The molecule has 0 N–H and O–H groups in total. The lowest BCUT2D eigenvalue weighted by molar-refractivity contribution is 0.0976. The van der Waals surface area contributed by atoms with E-state index in [-0.39, 0.29) is 11.6 Å². The van der Waals surface area contributed by atoms with Crippen molar-refractivity contribution in [1.82, 2.24) is 4.90 Å². The maximum Gasteiger partial charge on any atom is 0.162 e. The summed E-state index contributed by atoms with van der Waals surface area (Å²) in [5.41, 5.74) is 0.631. The summed E-state index contributed by atoms with van der Waals surface area (Å²) in [5.74, 6) is 1.66. The van der Waals surface area contributed by atoms with E-state index >= 15 is 0 Å². The van der Waals surface area contributed by atoms with Gasteiger partial charge in [-0.1, -0.05) is 12.8 Å². The molecule has 21 heavy (non-hydrogen) atoms. The maximum atomic E-state index is 12.8. The third-order valence-corrected chi connectivity index (χ3v) is 5.10. The van der Waals surface area contributed by atoms with Crippen LogP contribution < -0.4 is 0 Å². The van der Waals surface area contributed by atoms with Crippen LogP contribution in [0.1, 0.15) is 48.9 Å². The molecule has 2 aliphatic rings. The van der Waals surface area contributed by atoms with Gasteiger partial charge in [0.05, 0.1) is 0 Å². The van der Waals surface area contributed by atoms with Gasteiger partial charge < -0.3 is 4.90 Å². The van der Waals surface area contributed by atoms with Crippen molar-refractivity contribution in [2.45, 2.75) is 38.5 Å². The van der Waals surface area contributed by atoms with E-state index in [4.69, 9.17) is 0 Å². The number of Topliss-reactive ketones (excluding diaryl/α,β-unsaturated/α-hetero) is 1. The minimum absolute atomic E-state index is 0.131. The SMILES string of the molecule is O=C(CCCN1CC2CCCCC2C1)c1ccc(F)cc1. The lowest BCUT2D eigenvalue weighted by Crippen LogP contribution is -2.22. The second-order valence-electron chi connectivity index (χ2n) is 6.60. The van der Waals surface area contributed by atoms with Crippen LogP contribution in [0.3, 0.4) is 0 Å². The molecule has 1 aliphatic carbocycles. The second-order valence-corrected chi connectivity index (χ2v) is 6.60. The van der Waals surface area contributed by atoms with E-state index in [1.54, 1.807) is 12.1 Å². The zero-order chi connectivity index (χ0) is 14.7. The molecule has 1 saturated heterocycles. The zero-order valence-corrected chi connectivity index (χ0v) is 12.6. The Morgan fingerprint density at radius 2 is 1.71 bits per heavy atom. The summed E-state index contributed by atoms with van der Waals surface area (Å²) in [7, 11) is 0. The molecule has 0 bridgehead atoms. The van der Waals surface area contributed by atoms with Gasteiger partial charge in [-0.2, -0.15) is 0 Å². The summed E-state index contributed by atoms with van der Waals surface area (Å²) in [6, 6.07) is 5.89. The number of carbonyl (C=O) groups is 1. The monoisotopic (exact) mass is 289 g/mol. The maximum absolute atomic E-state index is 12.8. The number of carbonyl (C=O) groups excluding carboxylic acids is 1. The topological polar surface area (TPSA) is 20.3 Å². The highest BCUT2D eigenvalue weighted by atomic mass is 19.1. The first kappa shape index (κ1) is 14.7. The summed E-state index contributed by atoms with van der Waals surface area (Å²) in [5, 5.41) is 0. The molecular formula is C18H24FNO. The first-order valence-corrected chi connectivity index (χ1v) is 8.23. The molecule has 2 unspecified atom stereocenters. The molecule has 3 heteroatoms. The smallest absolute Gasteiger partial charge is 0.162 e. The van der Waals surface area contributed by atoms with Crippen molar-refractivity contribution in [2.24, 2.45) is 11.8 Å². The lowest BCUT2D eigenvalue weighted by atomic mass is 9.82. The summed E-state index contributed by atoms with van der Waals surface area (Å²) in [6.07, 6.45) is 7.08. The number of nitrogens with zero attached hydrogens (tertiary/aromatic N) is 1. The van der Waals surface area contributed by atoms with Crippen molar-refractivity contribution in [2.75, 3.05) is 19.6 Å². The number of benzene rings is 1. The minimum atomic E-state index is -0.286. The van der Waals surface area contributed by atoms with Crippen molar-refractivity contribution in [3.8, 4) is 0 Å². The van der Waals surface area contributed by atoms with Crippen LogP contribution in [0, 0.1) is 17.7 Å². The standard InChI is InChI=1S/C18H24FNO/c19-17-9-7-14(8-10-17)18(21)6-3-11-20-12-15-4-1-2-5-16(15)13-20/h7-10,15-16H,1-6,11-13H2. The van der Waals surface area contributed by atoms with Crippen molar-refractivity contribution in [3.05, 3.63) is 35.6 Å². The molecule has 1 aromatic rings. The van der Waals surface area contributed by atoms with E-state index in [2.05, 4.69) is 4.90 Å². The van der Waals surface area contributed by atoms with Crippen LogP contribution in [-0.4, -0.2) is 30.3 Å². The molecule has 1 aliphatic heterocycles. The van der Waals surface area contributed by atoms with Crippen LogP contribution in [0.25, 0.3) is 0 Å². The summed E-state index contributed by atoms with van der Waals surface area (Å²) in [6.45, 7) is 3.49. The number of ketones is 1. The molecule has 1 heterocycles. The predicted octanol–water partition coefficient (Wildman–Crippen LogP) is 3.91. The van der Waals surface area contributed by atoms with Crippen LogP contribution in [0.4, 0.5) is 4.39 Å². The normalized spacial score (nSPS) is 25.8. The molecule has 0 radical (unpaired) electrons. The van der Waals surface area contributed by atoms with Crippen LogP contribution in [0.15, 0.2) is 24.3 Å². The molecule has 2 nitrogen and oxygen atoms in total. The molecule has 0 aromatic heterocycles. The van der Waals surface area contributed by atoms with Gasteiger partial charge in [0.1, 0.15) is 5.82 Å². The van der Waals surface area contributed by atoms with Crippen LogP contribution >= 0.6 is 0 Å². The van der Waals surface area contributed by atoms with Gasteiger partial charge in [-0.25, -0.2) is 4.39 Å². The fourth-order valence-corrected chi connectivity index (χ4v) is 3.93. The fourth-order valence-electron chi connectivity index (χ4n) is 3.93. The number of hydrogen-bond donors (Lipinski definition) is 0. The number of fused-ring (bicyclic) bond motifs is 1. The Morgan fingerprint density at radius 3 is 2.33 bits per heavy atom. The fraction of sp³-hybridized carbons (Fsp3) is 0.611. The quantitative estimate of drug-likeness (QED) is 0.766. The van der Waals surface area contributed by atoms with Crippen molar-refractivity contribution in [3.63, 3.8) is 0 Å². The van der Waals surface area contributed by atoms with Gasteiger partial charge in [-0.15, -0.1) is 0 Å². The third kappa shape index (κ3) is 3.70. The van der Waals surface area contributed by atoms with Gasteiger partial charge in [0, 0.05) is 25.1 Å². The molecule has 2 fully saturated rings. The first-order chi connectivity index (χ1) is 10.2. The number of halogens is 1. The predicted molar refractivity (Wildman–Crippen MR) is 81.9 cm³/mol. The van der Waals surface area contributed by atoms with Gasteiger partial charge in [-0.3, -0.25) is 4.79 Å². The molecule has 114 valence electrons. The van der Waals surface area contributed by atoms with E-state index < -0.39 is 0 Å². The van der Waals surface area contributed by atoms with Crippen molar-refractivity contribution >= 4 is 5.78 Å². The highest BCUT2D eigenvalue weighted by Gasteiger charge is 2.33. The highest BCUT2D eigenvalue weighted by molar-refractivity contribution is 5.95. The Bertz CT molecular complexity index is 470. The van der Waals surface area contributed by atoms with Gasteiger partial charge in [0.15, 0.2) is 5.78 Å². The average Bonchev–Trinajstić information content (AvgIpc) is 2.90. The van der Waals surface area contributed by atoms with E-state index in [1.807, 2.05) is 0 Å². The Kier molecular flexibility index (Phi) is 4.69. The van der Waals surface area contributed by atoms with Gasteiger partial charge in [0.2, 0.25) is 0 Å². The van der Waals surface area contributed by atoms with Crippen LogP contribution in [0.2, 0.25) is 0 Å². The van der Waals surface area contributed by atoms with E-state index in [1.165, 1.54) is 50.9 Å². The van der Waals surface area contributed by atoms with E-state index in [9.17, 15) is 9.18 Å². The number of rotatable bonds is 5. The Hall–Kier alpha value is -1.22. The molecule has 1 saturated carbocycles.